The summed E-state index contributed by atoms with van der Waals surface area (Å²) in [5.41, 5.74) is -5.24. The quantitative estimate of drug-likeness (QED) is 0.313. The Morgan fingerprint density at radius 3 is 2.23 bits per heavy atom. The summed E-state index contributed by atoms with van der Waals surface area (Å²) in [4.78, 5) is 4.52. The summed E-state index contributed by atoms with van der Waals surface area (Å²) in [6.45, 7) is 7.01. The van der Waals surface area contributed by atoms with Crippen LogP contribution in [0.1, 0.15) is 33.6 Å². The molecule has 26 heavy (non-hydrogen) atoms. The van der Waals surface area contributed by atoms with Crippen LogP contribution in [-0.2, 0) is 10.0 Å². The predicted molar refractivity (Wildman–Crippen MR) is 112 cm³/mol. The lowest BCUT2D eigenvalue weighted by Crippen LogP contribution is -2.51. The first-order chi connectivity index (χ1) is 11.4. The minimum Gasteiger partial charge on any atom is -0.357 e. The van der Waals surface area contributed by atoms with Gasteiger partial charge in [0, 0.05) is 30.4 Å². The van der Waals surface area contributed by atoms with Gasteiger partial charge in [-0.1, -0.05) is 0 Å². The van der Waals surface area contributed by atoms with Crippen LogP contribution in [0.3, 0.4) is 0 Å². The van der Waals surface area contributed by atoms with Crippen LogP contribution in [0.25, 0.3) is 0 Å². The van der Waals surface area contributed by atoms with E-state index < -0.39 is 15.5 Å². The zero-order valence-electron chi connectivity index (χ0n) is 15.4. The summed E-state index contributed by atoms with van der Waals surface area (Å²) in [5.74, 6) is 0.599. The van der Waals surface area contributed by atoms with E-state index in [0.29, 0.717) is 36.2 Å². The van der Waals surface area contributed by atoms with Crippen LogP contribution < -0.4 is 10.6 Å². The van der Waals surface area contributed by atoms with Crippen LogP contribution >= 0.6 is 35.7 Å². The Kier molecular flexibility index (Phi) is 10.6. The van der Waals surface area contributed by atoms with Crippen molar-refractivity contribution in [2.45, 2.75) is 49.9 Å². The number of rotatable bonds is 6. The highest BCUT2D eigenvalue weighted by Gasteiger charge is 2.50. The Balaban J connectivity index is 0.00000625. The summed E-state index contributed by atoms with van der Waals surface area (Å²) in [6, 6.07) is -0.116. The van der Waals surface area contributed by atoms with E-state index in [1.807, 2.05) is 13.2 Å². The molecule has 0 amide bonds. The standard InChI is InChI=1S/C14H27F3N4O2S2.HI/c1-5-18-12(19-10-13(2,3)24-4)20-11-6-8-21(9-7-11)25(22,23)14(15,16)17;/h11H,5-10H2,1-4H3,(H2,18,19,20);1H. The lowest BCUT2D eigenvalue weighted by molar-refractivity contribution is -0.0494. The fourth-order valence-corrected chi connectivity index (χ4v) is 3.41. The lowest BCUT2D eigenvalue weighted by atomic mass is 10.1. The molecule has 1 fully saturated rings. The first kappa shape index (κ1) is 26.1. The largest absolute Gasteiger partial charge is 0.511 e. The van der Waals surface area contributed by atoms with Crippen molar-refractivity contribution in [2.75, 3.05) is 32.4 Å². The van der Waals surface area contributed by atoms with Crippen molar-refractivity contribution in [3.8, 4) is 0 Å². The number of piperidine rings is 1. The maximum atomic E-state index is 12.6. The maximum absolute atomic E-state index is 12.6. The van der Waals surface area contributed by atoms with Gasteiger partial charge in [0.1, 0.15) is 0 Å². The highest BCUT2D eigenvalue weighted by molar-refractivity contribution is 14.0. The number of guanidine groups is 1. The van der Waals surface area contributed by atoms with E-state index in [9.17, 15) is 21.6 Å². The molecule has 1 aliphatic rings. The molecule has 6 nitrogen and oxygen atoms in total. The Labute approximate surface area is 175 Å². The molecule has 0 aromatic carbocycles. The smallest absolute Gasteiger partial charge is 0.357 e. The van der Waals surface area contributed by atoms with Gasteiger partial charge in [0.05, 0.1) is 6.54 Å². The normalized spacial score (nSPS) is 18.3. The first-order valence-corrected chi connectivity index (χ1v) is 10.8. The minimum atomic E-state index is -5.24. The molecule has 0 radical (unpaired) electrons. The Bertz CT molecular complexity index is 563. The topological polar surface area (TPSA) is 73.8 Å². The zero-order valence-corrected chi connectivity index (χ0v) is 19.4. The van der Waals surface area contributed by atoms with Crippen LogP contribution in [0, 0.1) is 0 Å². The molecule has 0 atom stereocenters. The lowest BCUT2D eigenvalue weighted by Gasteiger charge is -2.32. The zero-order chi connectivity index (χ0) is 19.3. The second-order valence-corrected chi connectivity index (χ2v) is 9.87. The number of thioether (sulfide) groups is 1. The van der Waals surface area contributed by atoms with Gasteiger partial charge >= 0.3 is 15.5 Å². The molecule has 0 saturated carbocycles. The van der Waals surface area contributed by atoms with Gasteiger partial charge in [-0.05, 0) is 39.9 Å². The summed E-state index contributed by atoms with van der Waals surface area (Å²) in [6.07, 6.45) is 2.60. The third kappa shape index (κ3) is 7.58. The van der Waals surface area contributed by atoms with Crippen LogP contribution in [0.4, 0.5) is 13.2 Å². The average molecular weight is 532 g/mol. The first-order valence-electron chi connectivity index (χ1n) is 8.09. The highest BCUT2D eigenvalue weighted by atomic mass is 127. The second-order valence-electron chi connectivity index (χ2n) is 6.43. The van der Waals surface area contributed by atoms with Crippen LogP contribution in [-0.4, -0.2) is 67.4 Å². The van der Waals surface area contributed by atoms with Crippen molar-refractivity contribution in [1.29, 1.82) is 0 Å². The van der Waals surface area contributed by atoms with Crippen molar-refractivity contribution in [2.24, 2.45) is 4.99 Å². The molecule has 1 rings (SSSR count). The van der Waals surface area contributed by atoms with E-state index in [0.717, 1.165) is 0 Å². The molecule has 1 heterocycles. The van der Waals surface area contributed by atoms with Gasteiger partial charge in [-0.25, -0.2) is 8.42 Å². The van der Waals surface area contributed by atoms with E-state index in [-0.39, 0.29) is 47.9 Å². The van der Waals surface area contributed by atoms with E-state index in [4.69, 9.17) is 0 Å². The van der Waals surface area contributed by atoms with Gasteiger partial charge in [0.2, 0.25) is 0 Å². The van der Waals surface area contributed by atoms with E-state index >= 15 is 0 Å². The van der Waals surface area contributed by atoms with E-state index in [1.165, 1.54) is 0 Å². The van der Waals surface area contributed by atoms with Crippen molar-refractivity contribution in [1.82, 2.24) is 14.9 Å². The maximum Gasteiger partial charge on any atom is 0.511 e. The number of halogens is 4. The molecule has 0 bridgehead atoms. The van der Waals surface area contributed by atoms with Crippen LogP contribution in [0.2, 0.25) is 0 Å². The minimum absolute atomic E-state index is 0. The van der Waals surface area contributed by atoms with Gasteiger partial charge in [-0.15, -0.1) is 24.0 Å². The molecular weight excluding hydrogens is 504 g/mol. The predicted octanol–water partition coefficient (Wildman–Crippen LogP) is 2.62. The molecule has 1 saturated heterocycles. The SMILES string of the molecule is CCNC(=NCC(C)(C)SC)NC1CCN(S(=O)(=O)C(F)(F)F)CC1.I. The van der Waals surface area contributed by atoms with E-state index in [2.05, 4.69) is 29.5 Å². The molecule has 0 aliphatic carbocycles. The summed E-state index contributed by atoms with van der Waals surface area (Å²) < 4.78 is 61.1. The average Bonchev–Trinajstić information content (AvgIpc) is 2.52. The molecule has 2 N–H and O–H groups in total. The molecular formula is C14H28F3IN4O2S2. The monoisotopic (exact) mass is 532 g/mol. The van der Waals surface area contributed by atoms with Crippen molar-refractivity contribution in [3.63, 3.8) is 0 Å². The molecule has 156 valence electrons. The highest BCUT2D eigenvalue weighted by Crippen LogP contribution is 2.29. The molecule has 0 aromatic heterocycles. The van der Waals surface area contributed by atoms with Gasteiger partial charge in [0.15, 0.2) is 5.96 Å². The number of hydrogen-bond acceptors (Lipinski definition) is 4. The number of nitrogens with zero attached hydrogens (tertiary/aromatic N) is 2. The molecule has 0 spiro atoms. The van der Waals surface area contributed by atoms with Gasteiger partial charge in [-0.3, -0.25) is 4.99 Å². The molecule has 0 unspecified atom stereocenters. The Morgan fingerprint density at radius 1 is 1.27 bits per heavy atom. The molecule has 1 aliphatic heterocycles. The number of nitrogens with one attached hydrogen (secondary N) is 2. The number of sulfonamides is 1. The van der Waals surface area contributed by atoms with Crippen LogP contribution in [0.15, 0.2) is 4.99 Å². The molecule has 12 heteroatoms. The summed E-state index contributed by atoms with van der Waals surface area (Å²) in [5, 5.41) is 6.30. The fourth-order valence-electron chi connectivity index (χ4n) is 2.23. The van der Waals surface area contributed by atoms with E-state index in [1.54, 1.807) is 11.8 Å². The Morgan fingerprint density at radius 2 is 1.81 bits per heavy atom. The van der Waals surface area contributed by atoms with Crippen LogP contribution in [0.5, 0.6) is 0 Å². The van der Waals surface area contributed by atoms with Crippen molar-refractivity contribution < 1.29 is 21.6 Å². The summed E-state index contributed by atoms with van der Waals surface area (Å²) in [7, 11) is -5.24. The van der Waals surface area contributed by atoms with Crippen molar-refractivity contribution >= 4 is 51.7 Å². The van der Waals surface area contributed by atoms with Gasteiger partial charge < -0.3 is 10.6 Å². The molecule has 0 aromatic rings. The summed E-state index contributed by atoms with van der Waals surface area (Å²) >= 11 is 1.70. The third-order valence-corrected chi connectivity index (χ3v) is 6.81. The number of hydrogen-bond donors (Lipinski definition) is 2. The van der Waals surface area contributed by atoms with Gasteiger partial charge in [-0.2, -0.15) is 29.2 Å². The Hall–Kier alpha value is 0.0500. The third-order valence-electron chi connectivity index (χ3n) is 3.94. The fraction of sp³-hybridized carbons (Fsp3) is 0.929. The number of aliphatic imine (C=N–C) groups is 1. The van der Waals surface area contributed by atoms with Crippen molar-refractivity contribution in [3.05, 3.63) is 0 Å². The second kappa shape index (κ2) is 10.6. The van der Waals surface area contributed by atoms with Gasteiger partial charge in [0.25, 0.3) is 0 Å². The number of alkyl halides is 3.